The summed E-state index contributed by atoms with van der Waals surface area (Å²) in [5, 5.41) is 3.17. The van der Waals surface area contributed by atoms with E-state index < -0.39 is 5.97 Å². The lowest BCUT2D eigenvalue weighted by atomic mass is 10.0. The van der Waals surface area contributed by atoms with E-state index in [1.165, 1.54) is 7.11 Å². The minimum absolute atomic E-state index is 0.257. The molecule has 1 amide bonds. The Hall–Kier alpha value is -2.07. The summed E-state index contributed by atoms with van der Waals surface area (Å²) in [6.07, 6.45) is 1.62. The summed E-state index contributed by atoms with van der Waals surface area (Å²) in [7, 11) is 1.28. The maximum atomic E-state index is 11.8. The van der Waals surface area contributed by atoms with Crippen LogP contribution in [0.5, 0.6) is 0 Å². The molecule has 0 saturated heterocycles. The number of ether oxygens (including phenoxy) is 1. The molecule has 4 nitrogen and oxygen atoms in total. The van der Waals surface area contributed by atoms with Crippen LogP contribution in [0.1, 0.15) is 12.5 Å². The van der Waals surface area contributed by atoms with Gasteiger partial charge in [-0.1, -0.05) is 23.7 Å². The van der Waals surface area contributed by atoms with Gasteiger partial charge in [0.15, 0.2) is 0 Å². The molecule has 1 aliphatic heterocycles. The summed E-state index contributed by atoms with van der Waals surface area (Å²) in [6, 6.07) is 7.02. The van der Waals surface area contributed by atoms with Crippen molar-refractivity contribution in [2.75, 3.05) is 7.11 Å². The van der Waals surface area contributed by atoms with Crippen LogP contribution in [0.15, 0.2) is 41.1 Å². The number of esters is 1. The molecule has 0 fully saturated rings. The minimum atomic E-state index is -0.538. The molecule has 1 aliphatic rings. The molecular formula is C14H12ClNO3. The van der Waals surface area contributed by atoms with Gasteiger partial charge in [-0.2, -0.15) is 0 Å². The second kappa shape index (κ2) is 5.28. The average Bonchev–Trinajstić information content (AvgIpc) is 2.63. The Kier molecular flexibility index (Phi) is 3.71. The molecule has 2 rings (SSSR count). The van der Waals surface area contributed by atoms with Crippen molar-refractivity contribution in [3.8, 4) is 0 Å². The van der Waals surface area contributed by atoms with Crippen molar-refractivity contribution in [3.05, 3.63) is 51.7 Å². The van der Waals surface area contributed by atoms with E-state index >= 15 is 0 Å². The first-order chi connectivity index (χ1) is 9.02. The summed E-state index contributed by atoms with van der Waals surface area (Å²) in [5.74, 6) is -0.859. The fourth-order valence-corrected chi connectivity index (χ4v) is 2.08. The van der Waals surface area contributed by atoms with Crippen LogP contribution < -0.4 is 5.32 Å². The second-order valence-electron chi connectivity index (χ2n) is 4.06. The Morgan fingerprint density at radius 2 is 2.16 bits per heavy atom. The molecule has 19 heavy (non-hydrogen) atoms. The lowest BCUT2D eigenvalue weighted by molar-refractivity contribution is -0.136. The molecule has 0 atom stereocenters. The molecule has 0 unspecified atom stereocenters. The lowest BCUT2D eigenvalue weighted by Gasteiger charge is -2.02. The smallest absolute Gasteiger partial charge is 0.340 e. The zero-order chi connectivity index (χ0) is 14.0. The molecule has 0 aliphatic carbocycles. The van der Waals surface area contributed by atoms with E-state index in [2.05, 4.69) is 10.1 Å². The molecule has 1 aromatic carbocycles. The van der Waals surface area contributed by atoms with E-state index in [9.17, 15) is 9.59 Å². The Morgan fingerprint density at radius 3 is 2.79 bits per heavy atom. The third-order valence-electron chi connectivity index (χ3n) is 2.74. The van der Waals surface area contributed by atoms with Crippen LogP contribution in [0.25, 0.3) is 6.08 Å². The number of carbonyl (C=O) groups is 2. The maximum absolute atomic E-state index is 11.8. The van der Waals surface area contributed by atoms with Crippen LogP contribution in [0.4, 0.5) is 0 Å². The fourth-order valence-electron chi connectivity index (χ4n) is 1.88. The predicted octanol–water partition coefficient (Wildman–Crippen LogP) is 2.30. The van der Waals surface area contributed by atoms with Crippen molar-refractivity contribution in [3.63, 3.8) is 0 Å². The molecule has 98 valence electrons. The standard InChI is InChI=1S/C14H12ClNO3/c1-8-12(14(18)19-2)11(13(17)16-8)7-9-4-3-5-10(15)6-9/h3-7H,1-2H3,(H,16,17)/b11-7-. The van der Waals surface area contributed by atoms with E-state index in [1.807, 2.05) is 0 Å². The van der Waals surface area contributed by atoms with E-state index in [4.69, 9.17) is 11.6 Å². The average molecular weight is 278 g/mol. The summed E-state index contributed by atoms with van der Waals surface area (Å²) < 4.78 is 4.69. The highest BCUT2D eigenvalue weighted by Crippen LogP contribution is 2.25. The highest BCUT2D eigenvalue weighted by molar-refractivity contribution is 6.30. The van der Waals surface area contributed by atoms with Gasteiger partial charge in [0, 0.05) is 10.7 Å². The van der Waals surface area contributed by atoms with E-state index in [-0.39, 0.29) is 17.1 Å². The number of halogens is 1. The number of nitrogens with one attached hydrogen (secondary N) is 1. The van der Waals surface area contributed by atoms with Gasteiger partial charge in [0.1, 0.15) is 0 Å². The van der Waals surface area contributed by atoms with E-state index in [0.29, 0.717) is 10.7 Å². The van der Waals surface area contributed by atoms with E-state index in [0.717, 1.165) is 5.56 Å². The molecule has 0 bridgehead atoms. The van der Waals surface area contributed by atoms with Gasteiger partial charge in [-0.25, -0.2) is 4.79 Å². The summed E-state index contributed by atoms with van der Waals surface area (Å²) in [5.41, 5.74) is 1.78. The number of methoxy groups -OCH3 is 1. The van der Waals surface area contributed by atoms with Gasteiger partial charge in [0.05, 0.1) is 18.3 Å². The first kappa shape index (κ1) is 13.4. The molecular weight excluding hydrogens is 266 g/mol. The lowest BCUT2D eigenvalue weighted by Crippen LogP contribution is -2.15. The second-order valence-corrected chi connectivity index (χ2v) is 4.50. The van der Waals surface area contributed by atoms with Crippen LogP contribution in [0, 0.1) is 0 Å². The normalized spacial score (nSPS) is 16.8. The summed E-state index contributed by atoms with van der Waals surface area (Å²) >= 11 is 5.89. The number of hydrogen-bond donors (Lipinski definition) is 1. The van der Waals surface area contributed by atoms with Crippen molar-refractivity contribution in [2.45, 2.75) is 6.92 Å². The van der Waals surface area contributed by atoms with Crippen molar-refractivity contribution in [1.29, 1.82) is 0 Å². The molecule has 1 heterocycles. The third-order valence-corrected chi connectivity index (χ3v) is 2.97. The Labute approximate surface area is 115 Å². The zero-order valence-electron chi connectivity index (χ0n) is 10.5. The number of benzene rings is 1. The largest absolute Gasteiger partial charge is 0.465 e. The Bertz CT molecular complexity index is 617. The molecule has 1 N–H and O–H groups in total. The van der Waals surface area contributed by atoms with Crippen molar-refractivity contribution < 1.29 is 14.3 Å². The number of amides is 1. The van der Waals surface area contributed by atoms with E-state index in [1.54, 1.807) is 37.3 Å². The quantitative estimate of drug-likeness (QED) is 0.667. The molecule has 0 spiro atoms. The number of hydrogen-bond acceptors (Lipinski definition) is 3. The third kappa shape index (κ3) is 2.69. The molecule has 0 saturated carbocycles. The Morgan fingerprint density at radius 1 is 1.42 bits per heavy atom. The monoisotopic (exact) mass is 277 g/mol. The van der Waals surface area contributed by atoms with Gasteiger partial charge in [-0.05, 0) is 30.7 Å². The first-order valence-electron chi connectivity index (χ1n) is 5.61. The van der Waals surface area contributed by atoms with Crippen LogP contribution in [0.2, 0.25) is 5.02 Å². The zero-order valence-corrected chi connectivity index (χ0v) is 11.2. The minimum Gasteiger partial charge on any atom is -0.465 e. The predicted molar refractivity (Wildman–Crippen MR) is 72.3 cm³/mol. The molecule has 0 aromatic heterocycles. The first-order valence-corrected chi connectivity index (χ1v) is 5.99. The van der Waals surface area contributed by atoms with Crippen LogP contribution in [0.3, 0.4) is 0 Å². The SMILES string of the molecule is COC(=O)C1=C(C)NC(=O)/C1=C\c1cccc(Cl)c1. The number of allylic oxidation sites excluding steroid dienone is 1. The summed E-state index contributed by atoms with van der Waals surface area (Å²) in [6.45, 7) is 1.66. The van der Waals surface area contributed by atoms with Crippen molar-refractivity contribution in [2.24, 2.45) is 0 Å². The van der Waals surface area contributed by atoms with Crippen LogP contribution >= 0.6 is 11.6 Å². The fraction of sp³-hybridized carbons (Fsp3) is 0.143. The highest BCUT2D eigenvalue weighted by Gasteiger charge is 2.30. The molecule has 1 aromatic rings. The van der Waals surface area contributed by atoms with Gasteiger partial charge in [-0.15, -0.1) is 0 Å². The van der Waals surface area contributed by atoms with Gasteiger partial charge in [0.25, 0.3) is 5.91 Å². The van der Waals surface area contributed by atoms with Crippen molar-refractivity contribution >= 4 is 29.6 Å². The molecule has 0 radical (unpaired) electrons. The van der Waals surface area contributed by atoms with Crippen LogP contribution in [-0.2, 0) is 14.3 Å². The maximum Gasteiger partial charge on any atom is 0.340 e. The van der Waals surface area contributed by atoms with Gasteiger partial charge in [0.2, 0.25) is 0 Å². The van der Waals surface area contributed by atoms with Crippen LogP contribution in [-0.4, -0.2) is 19.0 Å². The highest BCUT2D eigenvalue weighted by atomic mass is 35.5. The number of carbonyl (C=O) groups excluding carboxylic acids is 2. The van der Waals surface area contributed by atoms with Gasteiger partial charge >= 0.3 is 5.97 Å². The topological polar surface area (TPSA) is 55.4 Å². The number of rotatable bonds is 2. The molecule has 5 heteroatoms. The summed E-state index contributed by atoms with van der Waals surface area (Å²) in [4.78, 5) is 23.5. The Balaban J connectivity index is 2.47. The van der Waals surface area contributed by atoms with Gasteiger partial charge < -0.3 is 10.1 Å². The van der Waals surface area contributed by atoms with Crippen molar-refractivity contribution in [1.82, 2.24) is 5.32 Å². The van der Waals surface area contributed by atoms with Gasteiger partial charge in [-0.3, -0.25) is 4.79 Å².